The highest BCUT2D eigenvalue weighted by Crippen LogP contribution is 2.42. The number of phenolic OH excluding ortho intramolecular Hbond substituents is 1. The Morgan fingerprint density at radius 2 is 1.88 bits per heavy atom. The van der Waals surface area contributed by atoms with Crippen LogP contribution in [0.1, 0.15) is 13.3 Å². The fraction of sp³-hybridized carbons (Fsp3) is 0.286. The Labute approximate surface area is 234 Å². The van der Waals surface area contributed by atoms with E-state index in [4.69, 9.17) is 22.1 Å². The van der Waals surface area contributed by atoms with Crippen molar-refractivity contribution >= 4 is 57.0 Å². The van der Waals surface area contributed by atoms with Crippen LogP contribution in [-0.2, 0) is 9.53 Å². The summed E-state index contributed by atoms with van der Waals surface area (Å²) in [5, 5.41) is 15.3. The second-order valence-electron chi connectivity index (χ2n) is 9.32. The molecule has 40 heavy (non-hydrogen) atoms. The van der Waals surface area contributed by atoms with Crippen molar-refractivity contribution in [3.05, 3.63) is 53.3 Å². The molecule has 0 unspecified atom stereocenters. The molecule has 1 aromatic heterocycles. The van der Waals surface area contributed by atoms with Crippen LogP contribution in [0.3, 0.4) is 0 Å². The number of anilines is 2. The van der Waals surface area contributed by atoms with Crippen molar-refractivity contribution in [2.75, 3.05) is 49.5 Å². The maximum absolute atomic E-state index is 16.5. The minimum absolute atomic E-state index is 0.0211. The zero-order valence-electron chi connectivity index (χ0n) is 21.8. The van der Waals surface area contributed by atoms with Gasteiger partial charge in [0.2, 0.25) is 5.95 Å². The van der Waals surface area contributed by atoms with E-state index in [0.29, 0.717) is 48.3 Å². The van der Waals surface area contributed by atoms with Gasteiger partial charge in [0.15, 0.2) is 5.82 Å². The fourth-order valence-corrected chi connectivity index (χ4v) is 5.19. The van der Waals surface area contributed by atoms with E-state index in [0.717, 1.165) is 5.39 Å². The summed E-state index contributed by atoms with van der Waals surface area (Å²) in [6.45, 7) is 3.74. The second-order valence-corrected chi connectivity index (χ2v) is 9.73. The van der Waals surface area contributed by atoms with Crippen molar-refractivity contribution in [2.24, 2.45) is 5.73 Å². The zero-order chi connectivity index (χ0) is 28.4. The number of amides is 2. The first-order valence-electron chi connectivity index (χ1n) is 12.9. The van der Waals surface area contributed by atoms with E-state index < -0.39 is 11.8 Å². The summed E-state index contributed by atoms with van der Waals surface area (Å²) in [5.41, 5.74) is 5.98. The molecule has 0 bridgehead atoms. The summed E-state index contributed by atoms with van der Waals surface area (Å²) >= 11 is 6.73. The Kier molecular flexibility index (Phi) is 7.74. The van der Waals surface area contributed by atoms with Crippen LogP contribution < -0.4 is 16.0 Å². The maximum atomic E-state index is 16.5. The molecule has 12 heteroatoms. The van der Waals surface area contributed by atoms with Crippen LogP contribution in [0.4, 0.5) is 21.0 Å². The Hall–Kier alpha value is -4.38. The monoisotopic (exact) mass is 566 g/mol. The Morgan fingerprint density at radius 1 is 1.12 bits per heavy atom. The number of aromatic hydroxyl groups is 1. The third-order valence-corrected chi connectivity index (χ3v) is 7.09. The number of phenols is 1. The van der Waals surface area contributed by atoms with Gasteiger partial charge in [-0.2, -0.15) is 4.98 Å². The van der Waals surface area contributed by atoms with Gasteiger partial charge in [-0.25, -0.2) is 14.2 Å². The lowest BCUT2D eigenvalue weighted by Crippen LogP contribution is -2.50. The lowest BCUT2D eigenvalue weighted by Gasteiger charge is -2.35. The van der Waals surface area contributed by atoms with Crippen molar-refractivity contribution in [2.45, 2.75) is 13.3 Å². The summed E-state index contributed by atoms with van der Waals surface area (Å²) in [6, 6.07) is 11.5. The van der Waals surface area contributed by atoms with Crippen LogP contribution in [0.5, 0.6) is 5.75 Å². The standard InChI is InChI=1S/C28H28ClFN6O4/c1-2-40-22(38)7-8-32-28-33-25-20(26(34-28)35-9-11-36(12-10-35)27(31)39)15-21(29)23(24(25)30)19-14-17(37)13-16-5-3-4-6-18(16)19/h3-6,13-15,37H,2,7-12H2,1H3,(H2,31,39)(H,32,33,34). The zero-order valence-corrected chi connectivity index (χ0v) is 22.5. The molecule has 4 N–H and O–H groups in total. The second kappa shape index (κ2) is 11.4. The van der Waals surface area contributed by atoms with Gasteiger partial charge < -0.3 is 30.7 Å². The number of primary amides is 1. The normalized spacial score (nSPS) is 13.6. The molecule has 0 atom stereocenters. The molecule has 0 spiro atoms. The van der Waals surface area contributed by atoms with E-state index in [1.165, 1.54) is 11.0 Å². The molecular weight excluding hydrogens is 539 g/mol. The minimum atomic E-state index is -0.675. The Bertz CT molecular complexity index is 1610. The molecule has 208 valence electrons. The van der Waals surface area contributed by atoms with Gasteiger partial charge in [-0.05, 0) is 41.5 Å². The molecule has 0 saturated carbocycles. The molecule has 0 radical (unpaired) electrons. The number of fused-ring (bicyclic) bond motifs is 2. The quantitative estimate of drug-likeness (QED) is 0.278. The molecule has 3 aromatic carbocycles. The topological polar surface area (TPSA) is 134 Å². The number of hydrogen-bond donors (Lipinski definition) is 3. The number of nitrogens with zero attached hydrogens (tertiary/aromatic N) is 4. The van der Waals surface area contributed by atoms with Gasteiger partial charge in [-0.3, -0.25) is 4.79 Å². The fourth-order valence-electron chi connectivity index (χ4n) is 4.90. The molecule has 4 aromatic rings. The van der Waals surface area contributed by atoms with E-state index in [1.54, 1.807) is 19.1 Å². The summed E-state index contributed by atoms with van der Waals surface area (Å²) in [5.74, 6) is -0.528. The Balaban J connectivity index is 1.63. The van der Waals surface area contributed by atoms with Crippen molar-refractivity contribution < 1.29 is 23.8 Å². The Morgan fingerprint density at radius 3 is 2.60 bits per heavy atom. The largest absolute Gasteiger partial charge is 0.508 e. The number of urea groups is 1. The molecule has 10 nitrogen and oxygen atoms in total. The number of carbonyl (C=O) groups excluding carboxylic acids is 2. The van der Waals surface area contributed by atoms with Gasteiger partial charge in [0, 0.05) is 43.7 Å². The number of ether oxygens (including phenoxy) is 1. The van der Waals surface area contributed by atoms with Gasteiger partial charge in [0.25, 0.3) is 0 Å². The predicted molar refractivity (Wildman–Crippen MR) is 152 cm³/mol. The van der Waals surface area contributed by atoms with Crippen molar-refractivity contribution in [3.63, 3.8) is 0 Å². The highest BCUT2D eigenvalue weighted by molar-refractivity contribution is 6.35. The number of carbonyl (C=O) groups is 2. The van der Waals surface area contributed by atoms with Crippen molar-refractivity contribution in [1.29, 1.82) is 0 Å². The van der Waals surface area contributed by atoms with Gasteiger partial charge in [0.1, 0.15) is 17.1 Å². The van der Waals surface area contributed by atoms with Gasteiger partial charge >= 0.3 is 12.0 Å². The van der Waals surface area contributed by atoms with Gasteiger partial charge in [0.05, 0.1) is 18.1 Å². The van der Waals surface area contributed by atoms with Gasteiger partial charge in [-0.15, -0.1) is 0 Å². The number of rotatable bonds is 7. The first kappa shape index (κ1) is 27.2. The molecule has 1 fully saturated rings. The highest BCUT2D eigenvalue weighted by atomic mass is 35.5. The lowest BCUT2D eigenvalue weighted by atomic mass is 9.96. The number of nitrogens with two attached hydrogens (primary N) is 1. The SMILES string of the molecule is CCOC(=O)CCNc1nc(N2CCN(C(N)=O)CC2)c2cc(Cl)c(-c3cc(O)cc4ccccc34)c(F)c2n1. The minimum Gasteiger partial charge on any atom is -0.508 e. The summed E-state index contributed by atoms with van der Waals surface area (Å²) in [6.07, 6.45) is 0.0749. The molecule has 1 saturated heterocycles. The summed E-state index contributed by atoms with van der Waals surface area (Å²) in [7, 11) is 0. The first-order chi connectivity index (χ1) is 19.3. The summed E-state index contributed by atoms with van der Waals surface area (Å²) < 4.78 is 21.4. The number of halogens is 2. The first-order valence-corrected chi connectivity index (χ1v) is 13.2. The summed E-state index contributed by atoms with van der Waals surface area (Å²) in [4.78, 5) is 36.0. The molecule has 0 aliphatic carbocycles. The molecule has 2 heterocycles. The molecule has 5 rings (SSSR count). The average Bonchev–Trinajstić information content (AvgIpc) is 2.93. The number of hydrogen-bond acceptors (Lipinski definition) is 8. The molecular formula is C28H28ClFN6O4. The van der Waals surface area contributed by atoms with Crippen LogP contribution in [0.2, 0.25) is 5.02 Å². The van der Waals surface area contributed by atoms with Crippen LogP contribution in [0, 0.1) is 5.82 Å². The van der Waals surface area contributed by atoms with E-state index >= 15 is 4.39 Å². The van der Waals surface area contributed by atoms with E-state index in [2.05, 4.69) is 15.3 Å². The average molecular weight is 567 g/mol. The number of benzene rings is 3. The highest BCUT2D eigenvalue weighted by Gasteiger charge is 2.26. The third kappa shape index (κ3) is 5.37. The van der Waals surface area contributed by atoms with Crippen molar-refractivity contribution in [1.82, 2.24) is 14.9 Å². The number of esters is 1. The number of piperazine rings is 1. The molecule has 1 aliphatic rings. The van der Waals surface area contributed by atoms with Gasteiger partial charge in [-0.1, -0.05) is 35.9 Å². The van der Waals surface area contributed by atoms with Crippen LogP contribution in [-0.4, -0.2) is 71.3 Å². The maximum Gasteiger partial charge on any atom is 0.314 e. The van der Waals surface area contributed by atoms with Crippen molar-refractivity contribution in [3.8, 4) is 16.9 Å². The van der Waals surface area contributed by atoms with Crippen LogP contribution in [0.15, 0.2) is 42.5 Å². The van der Waals surface area contributed by atoms with E-state index in [9.17, 15) is 14.7 Å². The number of aromatic nitrogens is 2. The van der Waals surface area contributed by atoms with Crippen LogP contribution >= 0.6 is 11.6 Å². The van der Waals surface area contributed by atoms with E-state index in [-0.39, 0.29) is 53.3 Å². The third-order valence-electron chi connectivity index (χ3n) is 6.79. The lowest BCUT2D eigenvalue weighted by molar-refractivity contribution is -0.142. The number of nitrogens with one attached hydrogen (secondary N) is 1. The smallest absolute Gasteiger partial charge is 0.314 e. The van der Waals surface area contributed by atoms with E-state index in [1.807, 2.05) is 29.2 Å². The van der Waals surface area contributed by atoms with Crippen LogP contribution in [0.25, 0.3) is 32.8 Å². The molecule has 1 aliphatic heterocycles. The molecule has 2 amide bonds. The predicted octanol–water partition coefficient (Wildman–Crippen LogP) is 4.51.